The number of carbonyl (C=O) groups is 1. The molecule has 0 aliphatic heterocycles. The van der Waals surface area contributed by atoms with Crippen LogP contribution in [0.4, 0.5) is 18.9 Å². The number of anilines is 1. The second-order valence-electron chi connectivity index (χ2n) is 5.16. The Labute approximate surface area is 132 Å². The van der Waals surface area contributed by atoms with Crippen LogP contribution in [-0.2, 0) is 6.61 Å². The van der Waals surface area contributed by atoms with Crippen molar-refractivity contribution < 1.29 is 22.7 Å². The molecule has 2 aromatic carbocycles. The highest BCUT2D eigenvalue weighted by molar-refractivity contribution is 6.01. The molecule has 0 spiro atoms. The number of carbonyl (C=O) groups excluding carboxylic acids is 1. The minimum Gasteiger partial charge on any atom is -0.489 e. The number of nitrogens with zero attached hydrogens (tertiary/aromatic N) is 1. The molecule has 122 valence electrons. The average Bonchev–Trinajstić information content (AvgIpc) is 2.52. The standard InChI is InChI=1S/C17H16F3NO2/c1-21(2)13-7-9-14(10-8-13)23-11-12-5-3-4-6-15(12)16(22)17(18,19)20/h3-10H,11H2,1-2H3. The van der Waals surface area contributed by atoms with Crippen LogP contribution < -0.4 is 9.64 Å². The van der Waals surface area contributed by atoms with Gasteiger partial charge in [0.1, 0.15) is 12.4 Å². The summed E-state index contributed by atoms with van der Waals surface area (Å²) in [6.45, 7) is -0.112. The fourth-order valence-electron chi connectivity index (χ4n) is 2.02. The molecule has 0 aliphatic rings. The van der Waals surface area contributed by atoms with Crippen LogP contribution in [0.1, 0.15) is 15.9 Å². The van der Waals surface area contributed by atoms with E-state index in [1.54, 1.807) is 18.2 Å². The lowest BCUT2D eigenvalue weighted by Crippen LogP contribution is -2.24. The van der Waals surface area contributed by atoms with Crippen LogP contribution in [-0.4, -0.2) is 26.1 Å². The summed E-state index contributed by atoms with van der Waals surface area (Å²) in [4.78, 5) is 13.3. The van der Waals surface area contributed by atoms with E-state index in [0.717, 1.165) is 11.8 Å². The highest BCUT2D eigenvalue weighted by atomic mass is 19.4. The van der Waals surface area contributed by atoms with E-state index in [9.17, 15) is 18.0 Å². The molecule has 0 radical (unpaired) electrons. The SMILES string of the molecule is CN(C)c1ccc(OCc2ccccc2C(=O)C(F)(F)F)cc1. The fourth-order valence-corrected chi connectivity index (χ4v) is 2.02. The number of ether oxygens (including phenoxy) is 1. The second-order valence-corrected chi connectivity index (χ2v) is 5.16. The number of benzene rings is 2. The molecule has 3 nitrogen and oxygen atoms in total. The molecule has 0 saturated carbocycles. The van der Waals surface area contributed by atoms with Gasteiger partial charge in [0.15, 0.2) is 0 Å². The first kappa shape index (κ1) is 16.9. The summed E-state index contributed by atoms with van der Waals surface area (Å²) in [5.74, 6) is -1.34. The quantitative estimate of drug-likeness (QED) is 0.777. The monoisotopic (exact) mass is 323 g/mol. The van der Waals surface area contributed by atoms with Crippen LogP contribution >= 0.6 is 0 Å². The minimum atomic E-state index is -4.90. The molecule has 0 atom stereocenters. The Balaban J connectivity index is 2.13. The van der Waals surface area contributed by atoms with E-state index >= 15 is 0 Å². The van der Waals surface area contributed by atoms with Gasteiger partial charge in [-0.2, -0.15) is 13.2 Å². The third-order valence-corrected chi connectivity index (χ3v) is 3.27. The number of ketones is 1. The van der Waals surface area contributed by atoms with Crippen LogP contribution in [0.5, 0.6) is 5.75 Å². The largest absolute Gasteiger partial charge is 0.489 e. The van der Waals surface area contributed by atoms with Crippen LogP contribution in [0.15, 0.2) is 48.5 Å². The van der Waals surface area contributed by atoms with Crippen molar-refractivity contribution in [3.05, 3.63) is 59.7 Å². The molecule has 2 rings (SSSR count). The van der Waals surface area contributed by atoms with Crippen LogP contribution in [0.3, 0.4) is 0 Å². The molecular weight excluding hydrogens is 307 g/mol. The van der Waals surface area contributed by atoms with E-state index in [-0.39, 0.29) is 17.7 Å². The molecule has 6 heteroatoms. The summed E-state index contributed by atoms with van der Waals surface area (Å²) in [6.07, 6.45) is -4.90. The summed E-state index contributed by atoms with van der Waals surface area (Å²) in [5.41, 5.74) is 0.793. The van der Waals surface area contributed by atoms with Gasteiger partial charge in [0.25, 0.3) is 5.78 Å². The van der Waals surface area contributed by atoms with Crippen LogP contribution in [0.25, 0.3) is 0 Å². The van der Waals surface area contributed by atoms with E-state index < -0.39 is 12.0 Å². The zero-order valence-corrected chi connectivity index (χ0v) is 12.7. The number of halogens is 3. The summed E-state index contributed by atoms with van der Waals surface area (Å²) in [5, 5.41) is 0. The molecule has 0 aromatic heterocycles. The van der Waals surface area contributed by atoms with Crippen molar-refractivity contribution in [1.29, 1.82) is 0 Å². The van der Waals surface area contributed by atoms with Crippen molar-refractivity contribution in [2.24, 2.45) is 0 Å². The van der Waals surface area contributed by atoms with E-state index in [2.05, 4.69) is 0 Å². The minimum absolute atomic E-state index is 0.112. The third-order valence-electron chi connectivity index (χ3n) is 3.27. The van der Waals surface area contributed by atoms with Crippen LogP contribution in [0, 0.1) is 0 Å². The topological polar surface area (TPSA) is 29.5 Å². The molecule has 0 N–H and O–H groups in total. The van der Waals surface area contributed by atoms with Gasteiger partial charge in [-0.05, 0) is 24.3 Å². The number of rotatable bonds is 5. The van der Waals surface area contributed by atoms with Gasteiger partial charge in [-0.1, -0.05) is 24.3 Å². The normalized spacial score (nSPS) is 11.2. The molecule has 0 aliphatic carbocycles. The van der Waals surface area contributed by atoms with E-state index in [0.29, 0.717) is 5.75 Å². The van der Waals surface area contributed by atoms with Gasteiger partial charge >= 0.3 is 6.18 Å². The zero-order valence-electron chi connectivity index (χ0n) is 12.7. The van der Waals surface area contributed by atoms with Crippen molar-refractivity contribution in [3.63, 3.8) is 0 Å². The Hall–Kier alpha value is -2.50. The number of hydrogen-bond donors (Lipinski definition) is 0. The average molecular weight is 323 g/mol. The summed E-state index contributed by atoms with van der Waals surface area (Å²) >= 11 is 0. The Bertz CT molecular complexity index is 679. The Morgan fingerprint density at radius 3 is 2.22 bits per heavy atom. The van der Waals surface area contributed by atoms with Gasteiger partial charge in [0, 0.05) is 30.9 Å². The highest BCUT2D eigenvalue weighted by Gasteiger charge is 2.40. The van der Waals surface area contributed by atoms with Gasteiger partial charge in [-0.15, -0.1) is 0 Å². The molecule has 0 bridgehead atoms. The molecule has 0 unspecified atom stereocenters. The Morgan fingerprint density at radius 2 is 1.65 bits per heavy atom. The van der Waals surface area contributed by atoms with Gasteiger partial charge in [0.05, 0.1) is 0 Å². The molecule has 23 heavy (non-hydrogen) atoms. The van der Waals surface area contributed by atoms with Crippen molar-refractivity contribution in [2.45, 2.75) is 12.8 Å². The second kappa shape index (κ2) is 6.73. The van der Waals surface area contributed by atoms with Gasteiger partial charge in [0.2, 0.25) is 0 Å². The predicted octanol–water partition coefficient (Wildman–Crippen LogP) is 4.08. The maximum Gasteiger partial charge on any atom is 0.454 e. The number of Topliss-reactive ketones (excluding diaryl/α,β-unsaturated/α-hetero) is 1. The Kier molecular flexibility index (Phi) is 4.93. The molecule has 0 fully saturated rings. The zero-order chi connectivity index (χ0) is 17.0. The predicted molar refractivity (Wildman–Crippen MR) is 81.9 cm³/mol. The maximum atomic E-state index is 12.6. The van der Waals surface area contributed by atoms with E-state index in [1.807, 2.05) is 31.1 Å². The summed E-state index contributed by atoms with van der Waals surface area (Å²) in [7, 11) is 3.80. The van der Waals surface area contributed by atoms with Gasteiger partial charge < -0.3 is 9.64 Å². The van der Waals surface area contributed by atoms with Gasteiger partial charge in [-0.3, -0.25) is 4.79 Å². The lowest BCUT2D eigenvalue weighted by molar-refractivity contribution is -0.0886. The van der Waals surface area contributed by atoms with Crippen molar-refractivity contribution >= 4 is 11.5 Å². The van der Waals surface area contributed by atoms with Crippen LogP contribution in [0.2, 0.25) is 0 Å². The first-order valence-electron chi connectivity index (χ1n) is 6.88. The Morgan fingerprint density at radius 1 is 1.04 bits per heavy atom. The maximum absolute atomic E-state index is 12.6. The first-order valence-corrected chi connectivity index (χ1v) is 6.88. The number of alkyl halides is 3. The van der Waals surface area contributed by atoms with Crippen molar-refractivity contribution in [3.8, 4) is 5.75 Å². The molecule has 0 heterocycles. The molecule has 2 aromatic rings. The summed E-state index contributed by atoms with van der Waals surface area (Å²) < 4.78 is 43.3. The lowest BCUT2D eigenvalue weighted by atomic mass is 10.0. The molecule has 0 saturated heterocycles. The molecule has 0 amide bonds. The first-order chi connectivity index (χ1) is 10.8. The van der Waals surface area contributed by atoms with Gasteiger partial charge in [-0.25, -0.2) is 0 Å². The van der Waals surface area contributed by atoms with Crippen molar-refractivity contribution in [1.82, 2.24) is 0 Å². The number of hydrogen-bond acceptors (Lipinski definition) is 3. The smallest absolute Gasteiger partial charge is 0.454 e. The van der Waals surface area contributed by atoms with Crippen molar-refractivity contribution in [2.75, 3.05) is 19.0 Å². The third kappa shape index (κ3) is 4.25. The molecular formula is C17H16F3NO2. The fraction of sp³-hybridized carbons (Fsp3) is 0.235. The van der Waals surface area contributed by atoms with E-state index in [4.69, 9.17) is 4.74 Å². The highest BCUT2D eigenvalue weighted by Crippen LogP contribution is 2.25. The lowest BCUT2D eigenvalue weighted by Gasteiger charge is -2.14. The summed E-state index contributed by atoms with van der Waals surface area (Å²) in [6, 6.07) is 12.7. The van der Waals surface area contributed by atoms with E-state index in [1.165, 1.54) is 12.1 Å².